The topological polar surface area (TPSA) is 70.2 Å². The maximum Gasteiger partial charge on any atom is 0.228 e. The summed E-state index contributed by atoms with van der Waals surface area (Å²) in [6.07, 6.45) is 0.444. The van der Waals surface area contributed by atoms with Gasteiger partial charge in [-0.2, -0.15) is 0 Å². The lowest BCUT2D eigenvalue weighted by atomic mass is 10.1. The van der Waals surface area contributed by atoms with Crippen molar-refractivity contribution in [3.63, 3.8) is 0 Å². The van der Waals surface area contributed by atoms with Gasteiger partial charge in [-0.05, 0) is 31.3 Å². The third kappa shape index (κ3) is 6.04. The van der Waals surface area contributed by atoms with Crippen molar-refractivity contribution in [1.82, 2.24) is 5.32 Å². The molecule has 5 nitrogen and oxygen atoms in total. The molecule has 0 heterocycles. The predicted molar refractivity (Wildman–Crippen MR) is 84.3 cm³/mol. The van der Waals surface area contributed by atoms with E-state index in [1.807, 2.05) is 14.0 Å². The molecule has 0 radical (unpaired) electrons. The van der Waals surface area contributed by atoms with Gasteiger partial charge < -0.3 is 16.0 Å². The van der Waals surface area contributed by atoms with Crippen molar-refractivity contribution >= 4 is 35.6 Å². The molecule has 0 aromatic heterocycles. The second-order valence-electron chi connectivity index (χ2n) is 4.43. The highest BCUT2D eigenvalue weighted by Crippen LogP contribution is 2.14. The number of anilines is 2. The van der Waals surface area contributed by atoms with Crippen LogP contribution in [-0.2, 0) is 9.59 Å². The van der Waals surface area contributed by atoms with Gasteiger partial charge in [0.1, 0.15) is 0 Å². The zero-order chi connectivity index (χ0) is 14.3. The van der Waals surface area contributed by atoms with E-state index in [-0.39, 0.29) is 30.1 Å². The van der Waals surface area contributed by atoms with E-state index < -0.39 is 0 Å². The predicted octanol–water partition coefficient (Wildman–Crippen LogP) is 2.25. The molecule has 3 N–H and O–H groups in total. The van der Waals surface area contributed by atoms with Crippen LogP contribution in [0.2, 0.25) is 0 Å². The highest BCUT2D eigenvalue weighted by Gasteiger charge is 2.11. The van der Waals surface area contributed by atoms with Gasteiger partial charge in [0.25, 0.3) is 0 Å². The summed E-state index contributed by atoms with van der Waals surface area (Å²) in [5, 5.41) is 8.55. The summed E-state index contributed by atoms with van der Waals surface area (Å²) in [4.78, 5) is 23.0. The minimum atomic E-state index is -0.0931. The number of carbonyl (C=O) groups is 2. The second kappa shape index (κ2) is 9.34. The quantitative estimate of drug-likeness (QED) is 0.754. The molecule has 6 heteroatoms. The van der Waals surface area contributed by atoms with E-state index in [0.717, 1.165) is 11.4 Å². The molecule has 1 aromatic carbocycles. The number of carbonyl (C=O) groups excluding carboxylic acids is 2. The van der Waals surface area contributed by atoms with Crippen LogP contribution in [0.15, 0.2) is 24.3 Å². The first-order chi connectivity index (χ1) is 9.06. The Balaban J connectivity index is 0.00000361. The molecule has 1 aromatic rings. The van der Waals surface area contributed by atoms with Crippen molar-refractivity contribution in [2.75, 3.05) is 24.2 Å². The van der Waals surface area contributed by atoms with E-state index in [1.54, 1.807) is 31.2 Å². The SMILES string of the molecule is CCC(=O)Nc1ccc(NC(=O)C(C)CNC)cc1.Cl. The first-order valence-electron chi connectivity index (χ1n) is 6.42. The molecular formula is C14H22ClN3O2. The van der Waals surface area contributed by atoms with Crippen molar-refractivity contribution in [1.29, 1.82) is 0 Å². The van der Waals surface area contributed by atoms with Gasteiger partial charge in [-0.3, -0.25) is 9.59 Å². The van der Waals surface area contributed by atoms with Crippen molar-refractivity contribution in [3.05, 3.63) is 24.3 Å². The zero-order valence-electron chi connectivity index (χ0n) is 12.0. The van der Waals surface area contributed by atoms with Crippen LogP contribution in [0.3, 0.4) is 0 Å². The van der Waals surface area contributed by atoms with Crippen LogP contribution < -0.4 is 16.0 Å². The first-order valence-corrected chi connectivity index (χ1v) is 6.42. The molecular weight excluding hydrogens is 278 g/mol. The Bertz CT molecular complexity index is 435. The number of amides is 2. The van der Waals surface area contributed by atoms with Crippen molar-refractivity contribution in [2.24, 2.45) is 5.92 Å². The van der Waals surface area contributed by atoms with E-state index >= 15 is 0 Å². The zero-order valence-corrected chi connectivity index (χ0v) is 12.8. The molecule has 112 valence electrons. The molecule has 0 aliphatic heterocycles. The average molecular weight is 300 g/mol. The Kier molecular flexibility index (Phi) is 8.59. The van der Waals surface area contributed by atoms with Gasteiger partial charge in [-0.15, -0.1) is 12.4 Å². The summed E-state index contributed by atoms with van der Waals surface area (Å²) in [5.41, 5.74) is 1.45. The summed E-state index contributed by atoms with van der Waals surface area (Å²) in [6, 6.07) is 7.09. The number of benzene rings is 1. The number of rotatable bonds is 6. The highest BCUT2D eigenvalue weighted by atomic mass is 35.5. The van der Waals surface area contributed by atoms with Gasteiger partial charge in [-0.25, -0.2) is 0 Å². The molecule has 20 heavy (non-hydrogen) atoms. The Morgan fingerprint density at radius 3 is 2.05 bits per heavy atom. The van der Waals surface area contributed by atoms with Crippen LogP contribution in [0, 0.1) is 5.92 Å². The fourth-order valence-electron chi connectivity index (χ4n) is 1.55. The van der Waals surface area contributed by atoms with Crippen molar-refractivity contribution in [3.8, 4) is 0 Å². The summed E-state index contributed by atoms with van der Waals surface area (Å²) >= 11 is 0. The number of nitrogens with one attached hydrogen (secondary N) is 3. The van der Waals surface area contributed by atoms with Crippen LogP contribution in [-0.4, -0.2) is 25.4 Å². The molecule has 0 fully saturated rings. The maximum atomic E-state index is 11.8. The molecule has 0 aliphatic rings. The van der Waals surface area contributed by atoms with Crippen LogP contribution in [0.4, 0.5) is 11.4 Å². The van der Waals surface area contributed by atoms with Gasteiger partial charge >= 0.3 is 0 Å². The molecule has 0 bridgehead atoms. The average Bonchev–Trinajstić information content (AvgIpc) is 2.41. The molecule has 0 saturated heterocycles. The van der Waals surface area contributed by atoms with Gasteiger partial charge in [0.15, 0.2) is 0 Å². The van der Waals surface area contributed by atoms with E-state index in [4.69, 9.17) is 0 Å². The third-order valence-corrected chi connectivity index (χ3v) is 2.72. The lowest BCUT2D eigenvalue weighted by Gasteiger charge is -2.12. The number of halogens is 1. The number of hydrogen-bond donors (Lipinski definition) is 3. The summed E-state index contributed by atoms with van der Waals surface area (Å²) in [7, 11) is 1.81. The summed E-state index contributed by atoms with van der Waals surface area (Å²) in [6.45, 7) is 4.30. The molecule has 1 unspecified atom stereocenters. The number of hydrogen-bond acceptors (Lipinski definition) is 3. The van der Waals surface area contributed by atoms with Crippen LogP contribution in [0.1, 0.15) is 20.3 Å². The van der Waals surface area contributed by atoms with E-state index in [2.05, 4.69) is 16.0 Å². The second-order valence-corrected chi connectivity index (χ2v) is 4.43. The maximum absolute atomic E-state index is 11.8. The smallest absolute Gasteiger partial charge is 0.228 e. The first kappa shape index (κ1) is 18.4. The minimum Gasteiger partial charge on any atom is -0.326 e. The van der Waals surface area contributed by atoms with Gasteiger partial charge in [-0.1, -0.05) is 13.8 Å². The largest absolute Gasteiger partial charge is 0.326 e. The standard InChI is InChI=1S/C14H21N3O2.ClH/c1-4-13(18)16-11-5-7-12(8-6-11)17-14(19)10(2)9-15-3;/h5-8,10,15H,4,9H2,1-3H3,(H,16,18)(H,17,19);1H. The van der Waals surface area contributed by atoms with Crippen LogP contribution in [0.5, 0.6) is 0 Å². The van der Waals surface area contributed by atoms with Gasteiger partial charge in [0.05, 0.1) is 0 Å². The summed E-state index contributed by atoms with van der Waals surface area (Å²) < 4.78 is 0. The Morgan fingerprint density at radius 1 is 1.10 bits per heavy atom. The minimum absolute atomic E-state index is 0. The fourth-order valence-corrected chi connectivity index (χ4v) is 1.55. The molecule has 0 spiro atoms. The van der Waals surface area contributed by atoms with Crippen LogP contribution >= 0.6 is 12.4 Å². The molecule has 1 rings (SSSR count). The Hall–Kier alpha value is -1.59. The monoisotopic (exact) mass is 299 g/mol. The van der Waals surface area contributed by atoms with Gasteiger partial charge in [0, 0.05) is 30.3 Å². The van der Waals surface area contributed by atoms with E-state index in [0.29, 0.717) is 13.0 Å². The molecule has 0 aliphatic carbocycles. The molecule has 1 atom stereocenters. The summed E-state index contributed by atoms with van der Waals surface area (Å²) in [5.74, 6) is -0.149. The van der Waals surface area contributed by atoms with Gasteiger partial charge in [0.2, 0.25) is 11.8 Å². The van der Waals surface area contributed by atoms with E-state index in [1.165, 1.54) is 0 Å². The van der Waals surface area contributed by atoms with Crippen molar-refractivity contribution in [2.45, 2.75) is 20.3 Å². The van der Waals surface area contributed by atoms with Crippen molar-refractivity contribution < 1.29 is 9.59 Å². The Labute approximate surface area is 125 Å². The highest BCUT2D eigenvalue weighted by molar-refractivity contribution is 5.93. The third-order valence-electron chi connectivity index (χ3n) is 2.72. The molecule has 0 saturated carbocycles. The molecule has 2 amide bonds. The lowest BCUT2D eigenvalue weighted by Crippen LogP contribution is -2.28. The van der Waals surface area contributed by atoms with Crippen LogP contribution in [0.25, 0.3) is 0 Å². The lowest BCUT2D eigenvalue weighted by molar-refractivity contribution is -0.119. The fraction of sp³-hybridized carbons (Fsp3) is 0.429. The normalized spacial score (nSPS) is 11.2. The van der Waals surface area contributed by atoms with E-state index in [9.17, 15) is 9.59 Å². The Morgan fingerprint density at radius 2 is 1.60 bits per heavy atom.